The average molecular weight is 302 g/mol. The molecule has 0 atom stereocenters. The minimum atomic E-state index is -0.294. The molecule has 2 N–H and O–H groups in total. The highest BCUT2D eigenvalue weighted by molar-refractivity contribution is 5.74. The monoisotopic (exact) mass is 302 g/mol. The van der Waals surface area contributed by atoms with Crippen LogP contribution in [0.5, 0.6) is 5.75 Å². The highest BCUT2D eigenvalue weighted by atomic mass is 19.1. The number of benzene rings is 2. The van der Waals surface area contributed by atoms with Crippen molar-refractivity contribution in [1.82, 2.24) is 10.2 Å². The van der Waals surface area contributed by atoms with Crippen molar-refractivity contribution in [3.05, 3.63) is 65.5 Å². The smallest absolute Gasteiger partial charge is 0.317 e. The van der Waals surface area contributed by atoms with Crippen LogP contribution in [0.2, 0.25) is 0 Å². The third-order valence-corrected chi connectivity index (χ3v) is 3.34. The van der Waals surface area contributed by atoms with Gasteiger partial charge in [-0.3, -0.25) is 0 Å². The Kier molecular flexibility index (Phi) is 5.36. The second kappa shape index (κ2) is 7.45. The minimum absolute atomic E-state index is 0.181. The first-order valence-corrected chi connectivity index (χ1v) is 7.13. The summed E-state index contributed by atoms with van der Waals surface area (Å²) in [6, 6.07) is 12.6. The highest BCUT2D eigenvalue weighted by Gasteiger charge is 2.11. The SMILES string of the molecule is CCN(Cc1ccc(O)cc1)C(=O)NCc1ccc(F)cc1. The van der Waals surface area contributed by atoms with Crippen LogP contribution in [0.4, 0.5) is 9.18 Å². The van der Waals surface area contributed by atoms with Crippen LogP contribution in [0.1, 0.15) is 18.1 Å². The van der Waals surface area contributed by atoms with Crippen LogP contribution in [0.25, 0.3) is 0 Å². The van der Waals surface area contributed by atoms with Crippen LogP contribution in [0.15, 0.2) is 48.5 Å². The molecule has 2 aromatic rings. The summed E-state index contributed by atoms with van der Waals surface area (Å²) in [4.78, 5) is 13.8. The molecule has 0 saturated carbocycles. The van der Waals surface area contributed by atoms with Crippen molar-refractivity contribution in [2.24, 2.45) is 0 Å². The lowest BCUT2D eigenvalue weighted by Gasteiger charge is -2.21. The zero-order chi connectivity index (χ0) is 15.9. The van der Waals surface area contributed by atoms with Crippen molar-refractivity contribution >= 4 is 6.03 Å². The molecule has 22 heavy (non-hydrogen) atoms. The number of aromatic hydroxyl groups is 1. The zero-order valence-electron chi connectivity index (χ0n) is 12.4. The molecule has 2 rings (SSSR count). The molecule has 0 aliphatic carbocycles. The van der Waals surface area contributed by atoms with E-state index >= 15 is 0 Å². The molecule has 116 valence electrons. The first-order chi connectivity index (χ1) is 10.6. The number of phenolic OH excluding ortho intramolecular Hbond substituents is 1. The lowest BCUT2D eigenvalue weighted by molar-refractivity contribution is 0.197. The van der Waals surface area contributed by atoms with E-state index < -0.39 is 0 Å². The Morgan fingerprint density at radius 3 is 2.27 bits per heavy atom. The summed E-state index contributed by atoms with van der Waals surface area (Å²) in [6.07, 6.45) is 0. The fraction of sp³-hybridized carbons (Fsp3) is 0.235. The van der Waals surface area contributed by atoms with Gasteiger partial charge in [-0.1, -0.05) is 24.3 Å². The molecule has 4 nitrogen and oxygen atoms in total. The minimum Gasteiger partial charge on any atom is -0.508 e. The third kappa shape index (κ3) is 4.48. The van der Waals surface area contributed by atoms with E-state index in [1.165, 1.54) is 12.1 Å². The Hall–Kier alpha value is -2.56. The molecule has 0 heterocycles. The zero-order valence-corrected chi connectivity index (χ0v) is 12.4. The molecule has 0 unspecified atom stereocenters. The van der Waals surface area contributed by atoms with Gasteiger partial charge in [0, 0.05) is 19.6 Å². The van der Waals surface area contributed by atoms with Gasteiger partial charge >= 0.3 is 6.03 Å². The van der Waals surface area contributed by atoms with Gasteiger partial charge in [-0.2, -0.15) is 0 Å². The van der Waals surface area contributed by atoms with Gasteiger partial charge in [0.15, 0.2) is 0 Å². The number of rotatable bonds is 5. The van der Waals surface area contributed by atoms with E-state index in [0.717, 1.165) is 11.1 Å². The maximum atomic E-state index is 12.8. The van der Waals surface area contributed by atoms with Gasteiger partial charge < -0.3 is 15.3 Å². The van der Waals surface area contributed by atoms with Crippen molar-refractivity contribution in [1.29, 1.82) is 0 Å². The van der Waals surface area contributed by atoms with E-state index in [0.29, 0.717) is 19.6 Å². The van der Waals surface area contributed by atoms with Crippen LogP contribution >= 0.6 is 0 Å². The number of amides is 2. The summed E-state index contributed by atoms with van der Waals surface area (Å²) in [5.41, 5.74) is 1.78. The van der Waals surface area contributed by atoms with E-state index in [1.54, 1.807) is 41.3 Å². The van der Waals surface area contributed by atoms with Gasteiger partial charge in [0.05, 0.1) is 0 Å². The lowest BCUT2D eigenvalue weighted by atomic mass is 10.2. The Morgan fingerprint density at radius 2 is 1.68 bits per heavy atom. The molecule has 0 saturated heterocycles. The summed E-state index contributed by atoms with van der Waals surface area (Å²) < 4.78 is 12.8. The first-order valence-electron chi connectivity index (χ1n) is 7.13. The van der Waals surface area contributed by atoms with Gasteiger partial charge in [-0.05, 0) is 42.3 Å². The van der Waals surface area contributed by atoms with E-state index in [4.69, 9.17) is 0 Å². The summed E-state index contributed by atoms with van der Waals surface area (Å²) in [5, 5.41) is 12.1. The fourth-order valence-corrected chi connectivity index (χ4v) is 2.04. The normalized spacial score (nSPS) is 10.3. The molecule has 0 aliphatic rings. The molecular formula is C17H19FN2O2. The van der Waals surface area contributed by atoms with Crippen LogP contribution in [-0.4, -0.2) is 22.6 Å². The molecule has 0 aromatic heterocycles. The quantitative estimate of drug-likeness (QED) is 0.890. The maximum Gasteiger partial charge on any atom is 0.317 e. The Bertz CT molecular complexity index is 612. The molecular weight excluding hydrogens is 283 g/mol. The molecule has 2 aromatic carbocycles. The van der Waals surface area contributed by atoms with Crippen molar-refractivity contribution in [2.75, 3.05) is 6.54 Å². The van der Waals surface area contributed by atoms with Gasteiger partial charge in [0.25, 0.3) is 0 Å². The number of urea groups is 1. The second-order valence-electron chi connectivity index (χ2n) is 4.97. The van der Waals surface area contributed by atoms with Crippen LogP contribution < -0.4 is 5.32 Å². The van der Waals surface area contributed by atoms with Crippen molar-refractivity contribution in [3.8, 4) is 5.75 Å². The van der Waals surface area contributed by atoms with E-state index in [1.807, 2.05) is 6.92 Å². The Morgan fingerprint density at radius 1 is 1.09 bits per heavy atom. The van der Waals surface area contributed by atoms with E-state index in [-0.39, 0.29) is 17.6 Å². The first kappa shape index (κ1) is 15.8. The van der Waals surface area contributed by atoms with E-state index in [9.17, 15) is 14.3 Å². The number of hydrogen-bond acceptors (Lipinski definition) is 2. The molecule has 0 aliphatic heterocycles. The van der Waals surface area contributed by atoms with Crippen LogP contribution in [-0.2, 0) is 13.1 Å². The van der Waals surface area contributed by atoms with Crippen molar-refractivity contribution in [2.45, 2.75) is 20.0 Å². The lowest BCUT2D eigenvalue weighted by Crippen LogP contribution is -2.39. The molecule has 0 fully saturated rings. The number of nitrogens with one attached hydrogen (secondary N) is 1. The van der Waals surface area contributed by atoms with Crippen molar-refractivity contribution < 1.29 is 14.3 Å². The van der Waals surface area contributed by atoms with Gasteiger partial charge in [0.1, 0.15) is 11.6 Å². The topological polar surface area (TPSA) is 52.6 Å². The Labute approximate surface area is 129 Å². The van der Waals surface area contributed by atoms with Crippen molar-refractivity contribution in [3.63, 3.8) is 0 Å². The molecule has 5 heteroatoms. The number of nitrogens with zero attached hydrogens (tertiary/aromatic N) is 1. The Balaban J connectivity index is 1.91. The average Bonchev–Trinajstić information content (AvgIpc) is 2.53. The van der Waals surface area contributed by atoms with Gasteiger partial charge in [0.2, 0.25) is 0 Å². The largest absolute Gasteiger partial charge is 0.508 e. The highest BCUT2D eigenvalue weighted by Crippen LogP contribution is 2.12. The predicted octanol–water partition coefficient (Wildman–Crippen LogP) is 3.26. The molecule has 2 amide bonds. The molecule has 0 radical (unpaired) electrons. The number of phenols is 1. The fourth-order valence-electron chi connectivity index (χ4n) is 2.04. The number of halogens is 1. The summed E-state index contributed by atoms with van der Waals surface area (Å²) in [7, 11) is 0. The summed E-state index contributed by atoms with van der Waals surface area (Å²) in [5.74, 6) is -0.0925. The molecule has 0 bridgehead atoms. The number of carbonyl (C=O) groups excluding carboxylic acids is 1. The van der Waals surface area contributed by atoms with Crippen LogP contribution in [0.3, 0.4) is 0 Å². The number of carbonyl (C=O) groups is 1. The van der Waals surface area contributed by atoms with Gasteiger partial charge in [-0.15, -0.1) is 0 Å². The standard InChI is InChI=1S/C17H19FN2O2/c1-2-20(12-14-5-9-16(21)10-6-14)17(22)19-11-13-3-7-15(18)8-4-13/h3-10,21H,2,11-12H2,1H3,(H,19,22). The third-order valence-electron chi connectivity index (χ3n) is 3.34. The van der Waals surface area contributed by atoms with E-state index in [2.05, 4.69) is 5.32 Å². The summed E-state index contributed by atoms with van der Waals surface area (Å²) >= 11 is 0. The molecule has 0 spiro atoms. The summed E-state index contributed by atoms with van der Waals surface area (Å²) in [6.45, 7) is 3.28. The maximum absolute atomic E-state index is 12.8. The predicted molar refractivity (Wildman–Crippen MR) is 82.8 cm³/mol. The van der Waals surface area contributed by atoms with Gasteiger partial charge in [-0.25, -0.2) is 9.18 Å². The second-order valence-corrected chi connectivity index (χ2v) is 4.97. The van der Waals surface area contributed by atoms with Crippen LogP contribution in [0, 0.1) is 5.82 Å². The number of hydrogen-bond donors (Lipinski definition) is 2.